The highest BCUT2D eigenvalue weighted by atomic mass is 16.5. The van der Waals surface area contributed by atoms with Gasteiger partial charge < -0.3 is 19.5 Å². The van der Waals surface area contributed by atoms with E-state index in [-0.39, 0.29) is 6.04 Å². The first-order valence-electron chi connectivity index (χ1n) is 9.07. The Balaban J connectivity index is 2.01. The first kappa shape index (κ1) is 18.5. The van der Waals surface area contributed by atoms with Crippen molar-refractivity contribution in [2.75, 3.05) is 47.5 Å². The van der Waals surface area contributed by atoms with Crippen molar-refractivity contribution < 1.29 is 14.2 Å². The lowest BCUT2D eigenvalue weighted by Crippen LogP contribution is -2.33. The standard InChI is InChI=1S/C21H28N2O3/c1-24-18-8-5-16(6-9-18)21(23-13-4-11-22-12-14-23)17-7-10-19(25-2)20(15-17)26-3/h5-10,15,21-22H,4,11-14H2,1-3H3. The molecule has 0 bridgehead atoms. The minimum atomic E-state index is 0.167. The van der Waals surface area contributed by atoms with Gasteiger partial charge in [0.1, 0.15) is 5.75 Å². The van der Waals surface area contributed by atoms with Gasteiger partial charge in [-0.25, -0.2) is 0 Å². The second kappa shape index (κ2) is 8.92. The van der Waals surface area contributed by atoms with E-state index >= 15 is 0 Å². The largest absolute Gasteiger partial charge is 0.497 e. The topological polar surface area (TPSA) is 43.0 Å². The van der Waals surface area contributed by atoms with E-state index in [4.69, 9.17) is 14.2 Å². The predicted octanol–water partition coefficient (Wildman–Crippen LogP) is 3.10. The molecule has 1 atom stereocenters. The molecule has 1 aliphatic rings. The fourth-order valence-corrected chi connectivity index (χ4v) is 3.55. The fraction of sp³-hybridized carbons (Fsp3) is 0.429. The Morgan fingerprint density at radius 1 is 0.808 bits per heavy atom. The third-order valence-electron chi connectivity index (χ3n) is 4.89. The van der Waals surface area contributed by atoms with Gasteiger partial charge in [0.05, 0.1) is 27.4 Å². The van der Waals surface area contributed by atoms with Gasteiger partial charge in [-0.3, -0.25) is 4.90 Å². The number of rotatable bonds is 6. The number of hydrogen-bond donors (Lipinski definition) is 1. The van der Waals surface area contributed by atoms with Crippen molar-refractivity contribution in [3.63, 3.8) is 0 Å². The molecule has 5 heteroatoms. The quantitative estimate of drug-likeness (QED) is 0.862. The summed E-state index contributed by atoms with van der Waals surface area (Å²) in [5.41, 5.74) is 2.45. The first-order valence-corrected chi connectivity index (χ1v) is 9.07. The Bertz CT molecular complexity index is 695. The lowest BCUT2D eigenvalue weighted by atomic mass is 9.96. The maximum Gasteiger partial charge on any atom is 0.161 e. The molecule has 0 amide bonds. The zero-order valence-electron chi connectivity index (χ0n) is 15.8. The number of methoxy groups -OCH3 is 3. The molecule has 140 valence electrons. The summed E-state index contributed by atoms with van der Waals surface area (Å²) in [6.45, 7) is 4.13. The van der Waals surface area contributed by atoms with Gasteiger partial charge in [0, 0.05) is 19.6 Å². The molecule has 1 aliphatic heterocycles. The van der Waals surface area contributed by atoms with Gasteiger partial charge >= 0.3 is 0 Å². The Labute approximate surface area is 155 Å². The van der Waals surface area contributed by atoms with Crippen LogP contribution in [0.1, 0.15) is 23.6 Å². The van der Waals surface area contributed by atoms with Gasteiger partial charge in [-0.2, -0.15) is 0 Å². The Hall–Kier alpha value is -2.24. The van der Waals surface area contributed by atoms with Gasteiger partial charge in [-0.15, -0.1) is 0 Å². The van der Waals surface area contributed by atoms with Crippen molar-refractivity contribution in [1.29, 1.82) is 0 Å². The molecule has 1 unspecified atom stereocenters. The SMILES string of the molecule is COc1ccc(C(c2ccc(OC)c(OC)c2)N2CCCNCC2)cc1. The van der Waals surface area contributed by atoms with E-state index < -0.39 is 0 Å². The zero-order valence-corrected chi connectivity index (χ0v) is 15.8. The summed E-state index contributed by atoms with van der Waals surface area (Å²) in [5, 5.41) is 3.49. The molecule has 0 spiro atoms. The van der Waals surface area contributed by atoms with Crippen molar-refractivity contribution in [1.82, 2.24) is 10.2 Å². The molecular formula is C21H28N2O3. The molecule has 0 aliphatic carbocycles. The van der Waals surface area contributed by atoms with Crippen LogP contribution in [-0.2, 0) is 0 Å². The third kappa shape index (κ3) is 4.11. The van der Waals surface area contributed by atoms with Crippen molar-refractivity contribution in [3.05, 3.63) is 53.6 Å². The molecule has 26 heavy (non-hydrogen) atoms. The Morgan fingerprint density at radius 3 is 2.23 bits per heavy atom. The summed E-state index contributed by atoms with van der Waals surface area (Å²) in [6, 6.07) is 14.7. The Kier molecular flexibility index (Phi) is 6.36. The molecule has 5 nitrogen and oxygen atoms in total. The maximum atomic E-state index is 5.54. The van der Waals surface area contributed by atoms with Crippen molar-refractivity contribution in [3.8, 4) is 17.2 Å². The predicted molar refractivity (Wildman–Crippen MR) is 103 cm³/mol. The average molecular weight is 356 g/mol. The summed E-state index contributed by atoms with van der Waals surface area (Å²) in [4.78, 5) is 2.53. The molecular weight excluding hydrogens is 328 g/mol. The van der Waals surface area contributed by atoms with E-state index in [0.29, 0.717) is 0 Å². The minimum Gasteiger partial charge on any atom is -0.497 e. The number of nitrogens with zero attached hydrogens (tertiary/aromatic N) is 1. The van der Waals surface area contributed by atoms with E-state index in [1.54, 1.807) is 21.3 Å². The summed E-state index contributed by atoms with van der Waals surface area (Å²) in [7, 11) is 5.04. The lowest BCUT2D eigenvalue weighted by molar-refractivity contribution is 0.240. The van der Waals surface area contributed by atoms with Crippen LogP contribution in [0, 0.1) is 0 Å². The summed E-state index contributed by atoms with van der Waals surface area (Å²) < 4.78 is 16.3. The average Bonchev–Trinajstić information content (AvgIpc) is 2.98. The molecule has 1 N–H and O–H groups in total. The van der Waals surface area contributed by atoms with Crippen molar-refractivity contribution in [2.45, 2.75) is 12.5 Å². The molecule has 0 radical (unpaired) electrons. The van der Waals surface area contributed by atoms with E-state index in [9.17, 15) is 0 Å². The highest BCUT2D eigenvalue weighted by molar-refractivity contribution is 5.46. The maximum absolute atomic E-state index is 5.54. The third-order valence-corrected chi connectivity index (χ3v) is 4.89. The monoisotopic (exact) mass is 356 g/mol. The highest BCUT2D eigenvalue weighted by Gasteiger charge is 2.24. The molecule has 3 rings (SSSR count). The highest BCUT2D eigenvalue weighted by Crippen LogP contribution is 2.36. The van der Waals surface area contributed by atoms with Crippen LogP contribution in [0.3, 0.4) is 0 Å². The van der Waals surface area contributed by atoms with E-state index in [1.165, 1.54) is 11.1 Å². The number of benzene rings is 2. The molecule has 0 saturated carbocycles. The number of ether oxygens (including phenoxy) is 3. The Morgan fingerprint density at radius 2 is 1.54 bits per heavy atom. The van der Waals surface area contributed by atoms with Gasteiger partial charge in [0.2, 0.25) is 0 Å². The van der Waals surface area contributed by atoms with Crippen molar-refractivity contribution in [2.24, 2.45) is 0 Å². The van der Waals surface area contributed by atoms with Crippen LogP contribution in [0.15, 0.2) is 42.5 Å². The summed E-state index contributed by atoms with van der Waals surface area (Å²) in [5.74, 6) is 2.39. The first-order chi connectivity index (χ1) is 12.8. The molecule has 0 aromatic heterocycles. The summed E-state index contributed by atoms with van der Waals surface area (Å²) in [6.07, 6.45) is 1.14. The van der Waals surface area contributed by atoms with Gasteiger partial charge in [0.25, 0.3) is 0 Å². The van der Waals surface area contributed by atoms with E-state index in [2.05, 4.69) is 34.5 Å². The second-order valence-electron chi connectivity index (χ2n) is 6.43. The van der Waals surface area contributed by atoms with Crippen LogP contribution >= 0.6 is 0 Å². The number of hydrogen-bond acceptors (Lipinski definition) is 5. The molecule has 1 saturated heterocycles. The molecule has 2 aromatic carbocycles. The van der Waals surface area contributed by atoms with Gasteiger partial charge in [0.15, 0.2) is 11.5 Å². The van der Waals surface area contributed by atoms with Crippen molar-refractivity contribution >= 4 is 0 Å². The smallest absolute Gasteiger partial charge is 0.161 e. The number of nitrogens with one attached hydrogen (secondary N) is 1. The van der Waals surface area contributed by atoms with Crippen LogP contribution in [0.4, 0.5) is 0 Å². The van der Waals surface area contributed by atoms with Crippen LogP contribution in [0.5, 0.6) is 17.2 Å². The van der Waals surface area contributed by atoms with Gasteiger partial charge in [-0.05, 0) is 48.4 Å². The van der Waals surface area contributed by atoms with E-state index in [0.717, 1.165) is 49.8 Å². The fourth-order valence-electron chi connectivity index (χ4n) is 3.55. The lowest BCUT2D eigenvalue weighted by Gasteiger charge is -2.31. The molecule has 1 heterocycles. The normalized spacial score (nSPS) is 16.6. The van der Waals surface area contributed by atoms with Crippen LogP contribution in [-0.4, -0.2) is 52.4 Å². The second-order valence-corrected chi connectivity index (χ2v) is 6.43. The summed E-state index contributed by atoms with van der Waals surface area (Å²) >= 11 is 0. The van der Waals surface area contributed by atoms with Crippen LogP contribution < -0.4 is 19.5 Å². The molecule has 1 fully saturated rings. The minimum absolute atomic E-state index is 0.167. The van der Waals surface area contributed by atoms with Gasteiger partial charge in [-0.1, -0.05) is 18.2 Å². The zero-order chi connectivity index (χ0) is 18.4. The van der Waals surface area contributed by atoms with Crippen LogP contribution in [0.25, 0.3) is 0 Å². The van der Waals surface area contributed by atoms with E-state index in [1.807, 2.05) is 18.2 Å². The molecule has 2 aromatic rings. The van der Waals surface area contributed by atoms with Crippen LogP contribution in [0.2, 0.25) is 0 Å².